The predicted octanol–water partition coefficient (Wildman–Crippen LogP) is 1.76. The van der Waals surface area contributed by atoms with Crippen LogP contribution >= 0.6 is 0 Å². The number of nitrogens with zero attached hydrogens (tertiary/aromatic N) is 1. The molecule has 0 saturated carbocycles. The number of amides is 1. The maximum atomic E-state index is 12.5. The fourth-order valence-electron chi connectivity index (χ4n) is 2.68. The third kappa shape index (κ3) is 3.69. The first-order valence-corrected chi connectivity index (χ1v) is 6.74. The number of hydrogen-bond acceptors (Lipinski definition) is 3. The average Bonchev–Trinajstić information content (AvgIpc) is 2.25. The molecule has 110 valence electrons. The zero-order valence-electron chi connectivity index (χ0n) is 12.5. The van der Waals surface area contributed by atoms with Crippen molar-refractivity contribution in [2.45, 2.75) is 52.7 Å². The van der Waals surface area contributed by atoms with Gasteiger partial charge in [0.25, 0.3) is 0 Å². The molecule has 3 unspecified atom stereocenters. The molecule has 1 fully saturated rings. The minimum absolute atomic E-state index is 0.0235. The molecule has 19 heavy (non-hydrogen) atoms. The molecule has 1 amide bonds. The number of likely N-dealkylation sites (tertiary alicyclic amines) is 1. The van der Waals surface area contributed by atoms with Crippen molar-refractivity contribution in [2.75, 3.05) is 13.7 Å². The van der Waals surface area contributed by atoms with Crippen LogP contribution in [0.5, 0.6) is 0 Å². The van der Waals surface area contributed by atoms with Gasteiger partial charge in [-0.2, -0.15) is 0 Å². The van der Waals surface area contributed by atoms with E-state index in [1.54, 1.807) is 32.8 Å². The number of carboxylic acids is 1. The smallest absolute Gasteiger partial charge is 0.316 e. The van der Waals surface area contributed by atoms with E-state index in [0.717, 1.165) is 12.8 Å². The number of carboxylic acid groups (broad SMARTS) is 1. The van der Waals surface area contributed by atoms with Crippen LogP contribution in [0.3, 0.4) is 0 Å². The van der Waals surface area contributed by atoms with Crippen LogP contribution in [0.25, 0.3) is 0 Å². The summed E-state index contributed by atoms with van der Waals surface area (Å²) in [6.45, 7) is 7.88. The number of hydrogen-bond donors (Lipinski definition) is 1. The van der Waals surface area contributed by atoms with Gasteiger partial charge in [0.2, 0.25) is 5.91 Å². The Morgan fingerprint density at radius 2 is 1.95 bits per heavy atom. The normalized spacial score (nSPS) is 26.1. The van der Waals surface area contributed by atoms with E-state index < -0.39 is 17.3 Å². The molecule has 0 aromatic carbocycles. The Bertz CT molecular complexity index is 348. The molecule has 5 nitrogen and oxygen atoms in total. The van der Waals surface area contributed by atoms with Crippen LogP contribution in [0, 0.1) is 11.3 Å². The van der Waals surface area contributed by atoms with Crippen molar-refractivity contribution >= 4 is 11.9 Å². The van der Waals surface area contributed by atoms with E-state index in [4.69, 9.17) is 4.74 Å². The second-order valence-electron chi connectivity index (χ2n) is 6.40. The molecule has 0 aromatic rings. The highest BCUT2D eigenvalue weighted by molar-refractivity contribution is 5.97. The highest BCUT2D eigenvalue weighted by Crippen LogP contribution is 2.30. The number of rotatable bonds is 3. The van der Waals surface area contributed by atoms with Crippen molar-refractivity contribution < 1.29 is 19.4 Å². The highest BCUT2D eigenvalue weighted by Gasteiger charge is 2.42. The summed E-state index contributed by atoms with van der Waals surface area (Å²) in [6.07, 6.45) is 1.69. The lowest BCUT2D eigenvalue weighted by Gasteiger charge is -2.40. The highest BCUT2D eigenvalue weighted by atomic mass is 16.5. The molecule has 0 aliphatic carbocycles. The van der Waals surface area contributed by atoms with E-state index in [1.165, 1.54) is 0 Å². The number of piperidine rings is 1. The van der Waals surface area contributed by atoms with E-state index in [9.17, 15) is 14.7 Å². The number of ether oxygens (including phenoxy) is 1. The summed E-state index contributed by atoms with van der Waals surface area (Å²) >= 11 is 0. The van der Waals surface area contributed by atoms with Gasteiger partial charge in [-0.3, -0.25) is 9.59 Å². The number of methoxy groups -OCH3 is 1. The van der Waals surface area contributed by atoms with Gasteiger partial charge in [-0.15, -0.1) is 0 Å². The Hall–Kier alpha value is -1.10. The summed E-state index contributed by atoms with van der Waals surface area (Å²) in [4.78, 5) is 25.6. The minimum atomic E-state index is -1.04. The summed E-state index contributed by atoms with van der Waals surface area (Å²) in [5.41, 5.74) is -0.583. The molecule has 1 aliphatic rings. The Morgan fingerprint density at radius 1 is 1.37 bits per heavy atom. The van der Waals surface area contributed by atoms with Gasteiger partial charge in [0, 0.05) is 19.7 Å². The molecule has 1 N–H and O–H groups in total. The van der Waals surface area contributed by atoms with E-state index in [-0.39, 0.29) is 18.1 Å². The summed E-state index contributed by atoms with van der Waals surface area (Å²) in [6, 6.07) is 0.0235. The first kappa shape index (κ1) is 16.0. The molecule has 0 aromatic heterocycles. The van der Waals surface area contributed by atoms with Gasteiger partial charge in [-0.05, 0) is 25.2 Å². The SMILES string of the molecule is COC1CCN(C(=O)C(C(=O)O)C(C)(C)C)C(C)C1. The van der Waals surface area contributed by atoms with Gasteiger partial charge < -0.3 is 14.7 Å². The third-order valence-electron chi connectivity index (χ3n) is 3.80. The molecule has 0 bridgehead atoms. The average molecular weight is 271 g/mol. The van der Waals surface area contributed by atoms with Crippen molar-refractivity contribution in [1.82, 2.24) is 4.90 Å². The third-order valence-corrected chi connectivity index (χ3v) is 3.80. The summed E-state index contributed by atoms with van der Waals surface area (Å²) in [5, 5.41) is 9.32. The Kier molecular flexibility index (Phi) is 4.96. The maximum absolute atomic E-state index is 12.5. The second-order valence-corrected chi connectivity index (χ2v) is 6.40. The standard InChI is InChI=1S/C14H25NO4/c1-9-8-10(19-5)6-7-15(9)12(16)11(13(17)18)14(2,3)4/h9-11H,6-8H2,1-5H3,(H,17,18). The van der Waals surface area contributed by atoms with Crippen LogP contribution in [0.1, 0.15) is 40.5 Å². The second kappa shape index (κ2) is 5.90. The van der Waals surface area contributed by atoms with Gasteiger partial charge >= 0.3 is 5.97 Å². The lowest BCUT2D eigenvalue weighted by molar-refractivity contribution is -0.158. The number of carbonyl (C=O) groups is 2. The zero-order valence-corrected chi connectivity index (χ0v) is 12.5. The van der Waals surface area contributed by atoms with E-state index in [1.807, 2.05) is 6.92 Å². The van der Waals surface area contributed by atoms with Crippen LogP contribution < -0.4 is 0 Å². The predicted molar refractivity (Wildman–Crippen MR) is 71.8 cm³/mol. The van der Waals surface area contributed by atoms with Crippen LogP contribution in [-0.4, -0.2) is 47.7 Å². The Balaban J connectivity index is 2.84. The largest absolute Gasteiger partial charge is 0.481 e. The number of carbonyl (C=O) groups excluding carboxylic acids is 1. The quantitative estimate of drug-likeness (QED) is 0.794. The molecule has 1 rings (SSSR count). The molecule has 5 heteroatoms. The summed E-state index contributed by atoms with van der Waals surface area (Å²) in [5.74, 6) is -2.31. The maximum Gasteiger partial charge on any atom is 0.316 e. The fourth-order valence-corrected chi connectivity index (χ4v) is 2.68. The monoisotopic (exact) mass is 271 g/mol. The van der Waals surface area contributed by atoms with Crippen LogP contribution in [0.4, 0.5) is 0 Å². The van der Waals surface area contributed by atoms with Crippen LogP contribution in [-0.2, 0) is 14.3 Å². The van der Waals surface area contributed by atoms with Crippen LogP contribution in [0.15, 0.2) is 0 Å². The molecule has 0 spiro atoms. The minimum Gasteiger partial charge on any atom is -0.481 e. The van der Waals surface area contributed by atoms with Gasteiger partial charge in [0.15, 0.2) is 0 Å². The van der Waals surface area contributed by atoms with E-state index in [2.05, 4.69) is 0 Å². The zero-order chi connectivity index (χ0) is 14.8. The first-order valence-electron chi connectivity index (χ1n) is 6.74. The van der Waals surface area contributed by atoms with Crippen molar-refractivity contribution in [1.29, 1.82) is 0 Å². The van der Waals surface area contributed by atoms with Gasteiger partial charge in [-0.1, -0.05) is 20.8 Å². The summed E-state index contributed by atoms with van der Waals surface area (Å²) < 4.78 is 5.31. The van der Waals surface area contributed by atoms with E-state index >= 15 is 0 Å². The van der Waals surface area contributed by atoms with Crippen molar-refractivity contribution in [3.8, 4) is 0 Å². The molecular weight excluding hydrogens is 246 g/mol. The van der Waals surface area contributed by atoms with Gasteiger partial charge in [0.05, 0.1) is 6.10 Å². The van der Waals surface area contributed by atoms with Gasteiger partial charge in [0.1, 0.15) is 5.92 Å². The van der Waals surface area contributed by atoms with Crippen molar-refractivity contribution in [2.24, 2.45) is 11.3 Å². The molecule has 1 saturated heterocycles. The Labute approximate surface area is 114 Å². The van der Waals surface area contributed by atoms with Crippen molar-refractivity contribution in [3.63, 3.8) is 0 Å². The Morgan fingerprint density at radius 3 is 2.32 bits per heavy atom. The molecule has 0 radical (unpaired) electrons. The van der Waals surface area contributed by atoms with Crippen molar-refractivity contribution in [3.05, 3.63) is 0 Å². The lowest BCUT2D eigenvalue weighted by atomic mass is 9.79. The first-order chi connectivity index (χ1) is 8.68. The molecular formula is C14H25NO4. The molecule has 1 aliphatic heterocycles. The van der Waals surface area contributed by atoms with E-state index in [0.29, 0.717) is 6.54 Å². The molecule has 1 heterocycles. The van der Waals surface area contributed by atoms with Gasteiger partial charge in [-0.25, -0.2) is 0 Å². The molecule has 3 atom stereocenters. The number of aliphatic carboxylic acids is 1. The topological polar surface area (TPSA) is 66.8 Å². The lowest BCUT2D eigenvalue weighted by Crippen LogP contribution is -2.52. The summed E-state index contributed by atoms with van der Waals surface area (Å²) in [7, 11) is 1.67. The van der Waals surface area contributed by atoms with Crippen LogP contribution in [0.2, 0.25) is 0 Å². The fraction of sp³-hybridized carbons (Fsp3) is 0.857.